The molecule has 1 heterocycles. The molecule has 0 saturated heterocycles. The molecule has 0 spiro atoms. The molecule has 6 nitrogen and oxygen atoms in total. The van der Waals surface area contributed by atoms with Crippen molar-refractivity contribution in [1.82, 2.24) is 9.88 Å². The van der Waals surface area contributed by atoms with Crippen LogP contribution in [0.15, 0.2) is 52.3 Å². The van der Waals surface area contributed by atoms with Crippen molar-refractivity contribution in [3.63, 3.8) is 0 Å². The fourth-order valence-electron chi connectivity index (χ4n) is 2.94. The number of thioether (sulfide) groups is 1. The molecule has 0 N–H and O–H groups in total. The van der Waals surface area contributed by atoms with Gasteiger partial charge in [0.05, 0.1) is 20.9 Å². The van der Waals surface area contributed by atoms with E-state index in [1.165, 1.54) is 35.6 Å². The molecule has 11 heteroatoms. The number of fused-ring (bicyclic) bond motifs is 1. The van der Waals surface area contributed by atoms with Crippen LogP contribution in [0.4, 0.5) is 5.13 Å². The minimum atomic E-state index is -3.59. The van der Waals surface area contributed by atoms with Crippen molar-refractivity contribution < 1.29 is 13.2 Å². The van der Waals surface area contributed by atoms with Crippen LogP contribution in [0.25, 0.3) is 10.2 Å². The maximum atomic E-state index is 13.1. The molecule has 0 fully saturated rings. The van der Waals surface area contributed by atoms with Crippen LogP contribution < -0.4 is 4.90 Å². The second-order valence-corrected chi connectivity index (χ2v) is 11.6. The fourth-order valence-corrected chi connectivity index (χ4v) is 5.95. The van der Waals surface area contributed by atoms with E-state index in [4.69, 9.17) is 16.6 Å². The second-order valence-electron chi connectivity index (χ2n) is 7.17. The SMILES string of the molecule is CSc1cccc2sc(N(CCN(C)C)C(=O)CCS(=O)(=O)c3ccc(Cl)cc3)nc12.Cl. The molecule has 0 saturated carbocycles. The van der Waals surface area contributed by atoms with Gasteiger partial charge < -0.3 is 4.90 Å². The number of para-hydroxylation sites is 1. The molecule has 32 heavy (non-hydrogen) atoms. The smallest absolute Gasteiger partial charge is 0.229 e. The van der Waals surface area contributed by atoms with Crippen molar-refractivity contribution in [1.29, 1.82) is 0 Å². The van der Waals surface area contributed by atoms with Gasteiger partial charge in [0, 0.05) is 29.4 Å². The normalized spacial score (nSPS) is 11.5. The van der Waals surface area contributed by atoms with E-state index < -0.39 is 9.84 Å². The molecule has 3 rings (SSSR count). The zero-order chi connectivity index (χ0) is 22.6. The summed E-state index contributed by atoms with van der Waals surface area (Å²) in [4.78, 5) is 22.6. The first-order valence-corrected chi connectivity index (χ1v) is 13.7. The van der Waals surface area contributed by atoms with Crippen molar-refractivity contribution in [3.05, 3.63) is 47.5 Å². The largest absolute Gasteiger partial charge is 0.308 e. The van der Waals surface area contributed by atoms with Crippen molar-refractivity contribution in [3.8, 4) is 0 Å². The summed E-state index contributed by atoms with van der Waals surface area (Å²) < 4.78 is 26.3. The van der Waals surface area contributed by atoms with E-state index >= 15 is 0 Å². The molecule has 0 atom stereocenters. The highest BCUT2D eigenvalue weighted by Gasteiger charge is 2.23. The lowest BCUT2D eigenvalue weighted by molar-refractivity contribution is -0.118. The molecule has 2 aromatic carbocycles. The number of hydrogen-bond acceptors (Lipinski definition) is 7. The Bertz CT molecular complexity index is 1170. The maximum absolute atomic E-state index is 13.1. The Morgan fingerprint density at radius 2 is 1.81 bits per heavy atom. The quantitative estimate of drug-likeness (QED) is 0.366. The van der Waals surface area contributed by atoms with Gasteiger partial charge in [0.25, 0.3) is 0 Å². The molecule has 1 aromatic heterocycles. The predicted octanol–water partition coefficient (Wildman–Crippen LogP) is 4.85. The van der Waals surface area contributed by atoms with Crippen LogP contribution in [0.5, 0.6) is 0 Å². The van der Waals surface area contributed by atoms with Gasteiger partial charge in [-0.05, 0) is 56.7 Å². The van der Waals surface area contributed by atoms with Crippen LogP contribution in [-0.2, 0) is 14.6 Å². The molecular weight excluding hydrogens is 509 g/mol. The molecule has 3 aromatic rings. The minimum absolute atomic E-state index is 0. The molecule has 0 aliphatic carbocycles. The van der Waals surface area contributed by atoms with E-state index in [1.54, 1.807) is 16.7 Å². The van der Waals surface area contributed by atoms with Gasteiger partial charge in [-0.3, -0.25) is 9.69 Å². The Labute approximate surface area is 208 Å². The molecule has 0 unspecified atom stereocenters. The highest BCUT2D eigenvalue weighted by atomic mass is 35.5. The van der Waals surface area contributed by atoms with Gasteiger partial charge in [-0.2, -0.15) is 0 Å². The van der Waals surface area contributed by atoms with Crippen LogP contribution in [0.1, 0.15) is 6.42 Å². The molecule has 0 aliphatic rings. The lowest BCUT2D eigenvalue weighted by Gasteiger charge is -2.22. The highest BCUT2D eigenvalue weighted by Crippen LogP contribution is 2.34. The average Bonchev–Trinajstić information content (AvgIpc) is 3.16. The van der Waals surface area contributed by atoms with Crippen LogP contribution in [0.2, 0.25) is 5.02 Å². The topological polar surface area (TPSA) is 70.6 Å². The van der Waals surface area contributed by atoms with Gasteiger partial charge in [-0.15, -0.1) is 24.2 Å². The average molecular weight is 535 g/mol. The summed E-state index contributed by atoms with van der Waals surface area (Å²) in [5.74, 6) is -0.531. The second kappa shape index (κ2) is 11.7. The Morgan fingerprint density at radius 1 is 1.12 bits per heavy atom. The molecule has 1 amide bonds. The minimum Gasteiger partial charge on any atom is -0.308 e. The van der Waals surface area contributed by atoms with Crippen molar-refractivity contribution in [2.75, 3.05) is 44.1 Å². The number of amides is 1. The van der Waals surface area contributed by atoms with E-state index in [1.807, 2.05) is 43.5 Å². The number of likely N-dealkylation sites (N-methyl/N-ethyl adjacent to an activating group) is 1. The summed E-state index contributed by atoms with van der Waals surface area (Å²) in [5, 5.41) is 1.05. The maximum Gasteiger partial charge on any atom is 0.229 e. The number of nitrogens with zero attached hydrogens (tertiary/aromatic N) is 3. The Morgan fingerprint density at radius 3 is 2.44 bits per heavy atom. The standard InChI is InChI=1S/C21H24ClN3O3S3.ClH/c1-24(2)12-13-25(21-23-20-17(29-3)5-4-6-18(20)30-21)19(26)11-14-31(27,28)16-9-7-15(22)8-10-16;/h4-10H,11-14H2,1-3H3;1H. The van der Waals surface area contributed by atoms with Gasteiger partial charge in [0.2, 0.25) is 5.91 Å². The first kappa shape index (κ1) is 26.9. The number of thiazole rings is 1. The van der Waals surface area contributed by atoms with Gasteiger partial charge in [-0.1, -0.05) is 29.0 Å². The third-order valence-corrected chi connectivity index (χ3v) is 8.45. The summed E-state index contributed by atoms with van der Waals surface area (Å²) in [7, 11) is 0.266. The van der Waals surface area contributed by atoms with Gasteiger partial charge >= 0.3 is 0 Å². The number of benzene rings is 2. The van der Waals surface area contributed by atoms with Crippen LogP contribution in [0.3, 0.4) is 0 Å². The van der Waals surface area contributed by atoms with Crippen molar-refractivity contribution >= 4 is 78.2 Å². The lowest BCUT2D eigenvalue weighted by Crippen LogP contribution is -2.37. The van der Waals surface area contributed by atoms with Gasteiger partial charge in [-0.25, -0.2) is 13.4 Å². The van der Waals surface area contributed by atoms with E-state index in [-0.39, 0.29) is 35.4 Å². The van der Waals surface area contributed by atoms with E-state index in [0.717, 1.165) is 15.1 Å². The lowest BCUT2D eigenvalue weighted by atomic mass is 10.3. The third-order valence-electron chi connectivity index (χ3n) is 4.65. The van der Waals surface area contributed by atoms with Gasteiger partial charge in [0.1, 0.15) is 0 Å². The molecule has 0 aliphatic heterocycles. The number of rotatable bonds is 9. The summed E-state index contributed by atoms with van der Waals surface area (Å²) in [6.45, 7) is 1.07. The Kier molecular flexibility index (Phi) is 9.81. The summed E-state index contributed by atoms with van der Waals surface area (Å²) in [6, 6.07) is 11.9. The molecule has 174 valence electrons. The van der Waals surface area contributed by atoms with Crippen molar-refractivity contribution in [2.24, 2.45) is 0 Å². The number of carbonyl (C=O) groups is 1. The molecule has 0 bridgehead atoms. The van der Waals surface area contributed by atoms with Crippen molar-refractivity contribution in [2.45, 2.75) is 16.2 Å². The zero-order valence-corrected chi connectivity index (χ0v) is 22.0. The number of halogens is 2. The fraction of sp³-hybridized carbons (Fsp3) is 0.333. The zero-order valence-electron chi connectivity index (χ0n) is 17.9. The highest BCUT2D eigenvalue weighted by molar-refractivity contribution is 7.98. The van der Waals surface area contributed by atoms with Crippen LogP contribution in [-0.4, -0.2) is 63.4 Å². The first-order valence-electron chi connectivity index (χ1n) is 9.58. The van der Waals surface area contributed by atoms with Crippen LogP contribution in [0, 0.1) is 0 Å². The predicted molar refractivity (Wildman–Crippen MR) is 138 cm³/mol. The summed E-state index contributed by atoms with van der Waals surface area (Å²) >= 11 is 8.90. The number of carbonyl (C=O) groups excluding carboxylic acids is 1. The third kappa shape index (κ3) is 6.59. The number of anilines is 1. The van der Waals surface area contributed by atoms with Crippen LogP contribution >= 0.6 is 47.1 Å². The Hall–Kier alpha value is -1.36. The molecule has 0 radical (unpaired) electrons. The monoisotopic (exact) mass is 533 g/mol. The van der Waals surface area contributed by atoms with E-state index in [0.29, 0.717) is 23.2 Å². The van der Waals surface area contributed by atoms with E-state index in [2.05, 4.69) is 0 Å². The van der Waals surface area contributed by atoms with E-state index in [9.17, 15) is 13.2 Å². The number of sulfone groups is 1. The first-order chi connectivity index (χ1) is 14.7. The summed E-state index contributed by atoms with van der Waals surface area (Å²) in [5.41, 5.74) is 0.867. The Balaban J connectivity index is 0.00000363. The number of hydrogen-bond donors (Lipinski definition) is 0. The molecular formula is C21H25Cl2N3O3S3. The number of aromatic nitrogens is 1. The summed E-state index contributed by atoms with van der Waals surface area (Å²) in [6.07, 6.45) is 1.87. The van der Waals surface area contributed by atoms with Gasteiger partial charge in [0.15, 0.2) is 15.0 Å².